The Bertz CT molecular complexity index is 574. The first-order valence-electron chi connectivity index (χ1n) is 6.92. The Morgan fingerprint density at radius 2 is 2.11 bits per heavy atom. The van der Waals surface area contributed by atoms with Crippen LogP contribution in [-0.2, 0) is 19.4 Å². The molecule has 2 aromatic rings. The summed E-state index contributed by atoms with van der Waals surface area (Å²) in [6, 6.07) is 9.31. The molecule has 0 spiro atoms. The van der Waals surface area contributed by atoms with Gasteiger partial charge in [-0.05, 0) is 48.9 Å². The van der Waals surface area contributed by atoms with Crippen molar-refractivity contribution in [3.63, 3.8) is 0 Å². The van der Waals surface area contributed by atoms with E-state index in [1.54, 1.807) is 6.07 Å². The van der Waals surface area contributed by atoms with Gasteiger partial charge < -0.3 is 10.3 Å². The summed E-state index contributed by atoms with van der Waals surface area (Å²) in [6.07, 6.45) is 6.13. The molecule has 1 aromatic carbocycles. The van der Waals surface area contributed by atoms with Crippen LogP contribution >= 0.6 is 0 Å². The average Bonchev–Trinajstić information content (AvgIpc) is 2.83. The number of hydrogen-bond acceptors (Lipinski definition) is 1. The molecule has 0 fully saturated rings. The summed E-state index contributed by atoms with van der Waals surface area (Å²) >= 11 is 0. The smallest absolute Gasteiger partial charge is 0.126 e. The number of benzene rings is 1. The van der Waals surface area contributed by atoms with Gasteiger partial charge in [0.25, 0.3) is 0 Å². The molecule has 1 atom stereocenters. The van der Waals surface area contributed by atoms with Gasteiger partial charge in [-0.25, -0.2) is 4.39 Å². The lowest BCUT2D eigenvalue weighted by Crippen LogP contribution is -2.18. The first-order valence-corrected chi connectivity index (χ1v) is 6.92. The number of halogens is 1. The first-order chi connectivity index (χ1) is 9.25. The summed E-state index contributed by atoms with van der Waals surface area (Å²) in [6.45, 7) is 0.822. The SMILES string of the molecule is NC1CCCc2c1ccn2CCc1ccccc1F. The molecule has 1 unspecified atom stereocenters. The van der Waals surface area contributed by atoms with Gasteiger partial charge in [0.05, 0.1) is 0 Å². The molecule has 0 amide bonds. The standard InChI is InChI=1S/C16H19FN2/c17-14-5-2-1-4-12(14)8-10-19-11-9-13-15(18)6-3-7-16(13)19/h1-2,4-5,9,11,15H,3,6-8,10,18H2. The normalized spacial score (nSPS) is 18.3. The Morgan fingerprint density at radius 1 is 1.26 bits per heavy atom. The van der Waals surface area contributed by atoms with E-state index in [-0.39, 0.29) is 11.9 Å². The van der Waals surface area contributed by atoms with Gasteiger partial charge in [-0.3, -0.25) is 0 Å². The molecule has 1 heterocycles. The van der Waals surface area contributed by atoms with Crippen molar-refractivity contribution in [1.29, 1.82) is 0 Å². The molecule has 3 heteroatoms. The highest BCUT2D eigenvalue weighted by Crippen LogP contribution is 2.28. The number of rotatable bonds is 3. The van der Waals surface area contributed by atoms with Crippen LogP contribution in [0.15, 0.2) is 36.5 Å². The summed E-state index contributed by atoms with van der Waals surface area (Å²) < 4.78 is 15.8. The van der Waals surface area contributed by atoms with E-state index < -0.39 is 0 Å². The third-order valence-electron chi connectivity index (χ3n) is 4.02. The highest BCUT2D eigenvalue weighted by molar-refractivity contribution is 5.28. The summed E-state index contributed by atoms with van der Waals surface area (Å²) in [7, 11) is 0. The second-order valence-electron chi connectivity index (χ2n) is 5.25. The summed E-state index contributed by atoms with van der Waals surface area (Å²) in [4.78, 5) is 0. The Morgan fingerprint density at radius 3 is 2.95 bits per heavy atom. The maximum absolute atomic E-state index is 13.6. The predicted molar refractivity (Wildman–Crippen MR) is 74.4 cm³/mol. The molecule has 1 aromatic heterocycles. The van der Waals surface area contributed by atoms with E-state index >= 15 is 0 Å². The average molecular weight is 258 g/mol. The number of hydrogen-bond donors (Lipinski definition) is 1. The first kappa shape index (κ1) is 12.4. The Labute approximate surface area is 113 Å². The van der Waals surface area contributed by atoms with Gasteiger partial charge in [-0.1, -0.05) is 18.2 Å². The molecule has 0 saturated heterocycles. The lowest BCUT2D eigenvalue weighted by Gasteiger charge is -2.21. The van der Waals surface area contributed by atoms with Crippen LogP contribution in [0.2, 0.25) is 0 Å². The quantitative estimate of drug-likeness (QED) is 0.900. The van der Waals surface area contributed by atoms with E-state index in [1.165, 1.54) is 17.3 Å². The van der Waals surface area contributed by atoms with Crippen LogP contribution in [0.25, 0.3) is 0 Å². The van der Waals surface area contributed by atoms with Crippen LogP contribution in [-0.4, -0.2) is 4.57 Å². The largest absolute Gasteiger partial charge is 0.351 e. The summed E-state index contributed by atoms with van der Waals surface area (Å²) in [5, 5.41) is 0. The van der Waals surface area contributed by atoms with Crippen LogP contribution in [0, 0.1) is 5.82 Å². The Hall–Kier alpha value is -1.61. The Balaban J connectivity index is 1.76. The third-order valence-corrected chi connectivity index (χ3v) is 4.02. The van der Waals surface area contributed by atoms with Gasteiger partial charge >= 0.3 is 0 Å². The maximum atomic E-state index is 13.6. The molecule has 0 bridgehead atoms. The van der Waals surface area contributed by atoms with Crippen molar-refractivity contribution in [3.05, 3.63) is 59.2 Å². The van der Waals surface area contributed by atoms with Gasteiger partial charge in [-0.2, -0.15) is 0 Å². The lowest BCUT2D eigenvalue weighted by atomic mass is 9.93. The van der Waals surface area contributed by atoms with Crippen molar-refractivity contribution in [2.75, 3.05) is 0 Å². The van der Waals surface area contributed by atoms with Crippen molar-refractivity contribution in [2.24, 2.45) is 5.73 Å². The topological polar surface area (TPSA) is 30.9 Å². The zero-order valence-electron chi connectivity index (χ0n) is 11.0. The zero-order chi connectivity index (χ0) is 13.2. The van der Waals surface area contributed by atoms with Crippen molar-refractivity contribution < 1.29 is 4.39 Å². The molecule has 2 nitrogen and oxygen atoms in total. The van der Waals surface area contributed by atoms with Gasteiger partial charge in [0.1, 0.15) is 5.82 Å². The zero-order valence-corrected chi connectivity index (χ0v) is 11.0. The lowest BCUT2D eigenvalue weighted by molar-refractivity contribution is 0.534. The second kappa shape index (κ2) is 5.17. The number of aryl methyl sites for hydroxylation is 2. The molecular formula is C16H19FN2. The molecule has 2 N–H and O–H groups in total. The molecule has 100 valence electrons. The van der Waals surface area contributed by atoms with E-state index in [1.807, 2.05) is 12.1 Å². The van der Waals surface area contributed by atoms with Crippen molar-refractivity contribution in [2.45, 2.75) is 38.3 Å². The van der Waals surface area contributed by atoms with Crippen molar-refractivity contribution in [1.82, 2.24) is 4.57 Å². The number of nitrogens with two attached hydrogens (primary N) is 1. The number of nitrogens with zero attached hydrogens (tertiary/aromatic N) is 1. The van der Waals surface area contributed by atoms with E-state index in [0.717, 1.165) is 37.8 Å². The molecule has 1 aliphatic rings. The predicted octanol–water partition coefficient (Wildman–Crippen LogP) is 3.21. The minimum absolute atomic E-state index is 0.111. The maximum Gasteiger partial charge on any atom is 0.126 e. The van der Waals surface area contributed by atoms with Crippen LogP contribution in [0.1, 0.15) is 35.7 Å². The van der Waals surface area contributed by atoms with Gasteiger partial charge in [0, 0.05) is 24.5 Å². The van der Waals surface area contributed by atoms with Gasteiger partial charge in [0.15, 0.2) is 0 Å². The van der Waals surface area contributed by atoms with Gasteiger partial charge in [-0.15, -0.1) is 0 Å². The van der Waals surface area contributed by atoms with Gasteiger partial charge in [0.2, 0.25) is 0 Å². The minimum atomic E-state index is -0.111. The number of fused-ring (bicyclic) bond motifs is 1. The highest BCUT2D eigenvalue weighted by atomic mass is 19.1. The number of aromatic nitrogens is 1. The van der Waals surface area contributed by atoms with Crippen LogP contribution in [0.4, 0.5) is 4.39 Å². The van der Waals surface area contributed by atoms with E-state index in [0.29, 0.717) is 0 Å². The van der Waals surface area contributed by atoms with Crippen LogP contribution in [0.5, 0.6) is 0 Å². The van der Waals surface area contributed by atoms with E-state index in [9.17, 15) is 4.39 Å². The summed E-state index contributed by atoms with van der Waals surface area (Å²) in [5.41, 5.74) is 9.52. The molecule has 0 saturated carbocycles. The van der Waals surface area contributed by atoms with E-state index in [2.05, 4.69) is 16.8 Å². The Kier molecular flexibility index (Phi) is 3.38. The van der Waals surface area contributed by atoms with Crippen molar-refractivity contribution >= 4 is 0 Å². The third kappa shape index (κ3) is 2.43. The summed E-state index contributed by atoms with van der Waals surface area (Å²) in [5.74, 6) is -0.111. The molecule has 0 aliphatic heterocycles. The van der Waals surface area contributed by atoms with E-state index in [4.69, 9.17) is 5.73 Å². The fourth-order valence-electron chi connectivity index (χ4n) is 2.94. The second-order valence-corrected chi connectivity index (χ2v) is 5.25. The fourth-order valence-corrected chi connectivity index (χ4v) is 2.94. The molecule has 0 radical (unpaired) electrons. The molecule has 1 aliphatic carbocycles. The van der Waals surface area contributed by atoms with Crippen LogP contribution in [0.3, 0.4) is 0 Å². The highest BCUT2D eigenvalue weighted by Gasteiger charge is 2.19. The fraction of sp³-hybridized carbons (Fsp3) is 0.375. The molecular weight excluding hydrogens is 239 g/mol. The monoisotopic (exact) mass is 258 g/mol. The molecule has 3 rings (SSSR count). The molecule has 19 heavy (non-hydrogen) atoms. The van der Waals surface area contributed by atoms with Crippen LogP contribution < -0.4 is 5.73 Å². The van der Waals surface area contributed by atoms with Crippen molar-refractivity contribution in [3.8, 4) is 0 Å². The minimum Gasteiger partial charge on any atom is -0.351 e.